The Bertz CT molecular complexity index is 360. The van der Waals surface area contributed by atoms with Crippen LogP contribution >= 0.6 is 0 Å². The number of nitrogens with two attached hydrogens (primary N) is 1. The summed E-state index contributed by atoms with van der Waals surface area (Å²) in [7, 11) is 0. The first-order valence-electron chi connectivity index (χ1n) is 3.97. The van der Waals surface area contributed by atoms with Gasteiger partial charge in [0.1, 0.15) is 0 Å². The first-order valence-corrected chi connectivity index (χ1v) is 3.97. The second kappa shape index (κ2) is 2.50. The van der Waals surface area contributed by atoms with Crippen LogP contribution in [0.1, 0.15) is 28.9 Å². The van der Waals surface area contributed by atoms with Crippen molar-refractivity contribution in [3.63, 3.8) is 0 Å². The SMILES string of the molecule is NC1(c2cc(C(=O)O)cnn2)CC1. The van der Waals surface area contributed by atoms with Crippen LogP contribution in [0.2, 0.25) is 0 Å². The number of aromatic nitrogens is 2. The van der Waals surface area contributed by atoms with Crippen molar-refractivity contribution in [1.29, 1.82) is 0 Å². The van der Waals surface area contributed by atoms with Gasteiger partial charge in [-0.2, -0.15) is 10.2 Å². The third kappa shape index (κ3) is 1.38. The Morgan fingerprint density at radius 2 is 2.31 bits per heavy atom. The molecule has 0 atom stereocenters. The van der Waals surface area contributed by atoms with Crippen molar-refractivity contribution in [1.82, 2.24) is 10.2 Å². The van der Waals surface area contributed by atoms with Crippen molar-refractivity contribution >= 4 is 5.97 Å². The highest BCUT2D eigenvalue weighted by Crippen LogP contribution is 2.41. The molecule has 13 heavy (non-hydrogen) atoms. The van der Waals surface area contributed by atoms with E-state index in [0.717, 1.165) is 12.8 Å². The van der Waals surface area contributed by atoms with E-state index < -0.39 is 11.5 Å². The van der Waals surface area contributed by atoms with Crippen molar-refractivity contribution in [2.24, 2.45) is 5.73 Å². The molecule has 0 unspecified atom stereocenters. The number of rotatable bonds is 2. The number of aromatic carboxylic acids is 1. The fraction of sp³-hybridized carbons (Fsp3) is 0.375. The summed E-state index contributed by atoms with van der Waals surface area (Å²) in [6, 6.07) is 1.49. The van der Waals surface area contributed by atoms with E-state index in [9.17, 15) is 4.79 Å². The lowest BCUT2D eigenvalue weighted by Crippen LogP contribution is -2.21. The van der Waals surface area contributed by atoms with Crippen LogP contribution in [-0.2, 0) is 5.54 Å². The summed E-state index contributed by atoms with van der Waals surface area (Å²) in [5.74, 6) is -1.000. The van der Waals surface area contributed by atoms with Crippen molar-refractivity contribution in [2.75, 3.05) is 0 Å². The third-order valence-corrected chi connectivity index (χ3v) is 2.20. The smallest absolute Gasteiger partial charge is 0.337 e. The van der Waals surface area contributed by atoms with Crippen LogP contribution in [0, 0.1) is 0 Å². The molecule has 2 rings (SSSR count). The zero-order valence-electron chi connectivity index (χ0n) is 6.90. The highest BCUT2D eigenvalue weighted by molar-refractivity contribution is 5.87. The number of hydrogen-bond acceptors (Lipinski definition) is 4. The van der Waals surface area contributed by atoms with Crippen LogP contribution in [-0.4, -0.2) is 21.3 Å². The Kier molecular flexibility index (Phi) is 1.56. The zero-order chi connectivity index (χ0) is 9.47. The third-order valence-electron chi connectivity index (χ3n) is 2.20. The molecule has 0 spiro atoms. The summed E-state index contributed by atoms with van der Waals surface area (Å²) in [6.07, 6.45) is 2.92. The largest absolute Gasteiger partial charge is 0.478 e. The van der Waals surface area contributed by atoms with Gasteiger partial charge in [0.25, 0.3) is 0 Å². The van der Waals surface area contributed by atoms with Gasteiger partial charge in [-0.1, -0.05) is 0 Å². The Morgan fingerprint density at radius 3 is 2.85 bits per heavy atom. The van der Waals surface area contributed by atoms with Crippen molar-refractivity contribution in [2.45, 2.75) is 18.4 Å². The van der Waals surface area contributed by atoms with Crippen LogP contribution in [0.25, 0.3) is 0 Å². The number of carboxylic acids is 1. The molecule has 1 saturated carbocycles. The second-order valence-electron chi connectivity index (χ2n) is 3.29. The summed E-state index contributed by atoms with van der Waals surface area (Å²) in [5.41, 5.74) is 6.14. The summed E-state index contributed by atoms with van der Waals surface area (Å²) in [4.78, 5) is 10.6. The molecule has 1 aromatic rings. The fourth-order valence-corrected chi connectivity index (χ4v) is 1.12. The van der Waals surface area contributed by atoms with E-state index in [0.29, 0.717) is 5.69 Å². The lowest BCUT2D eigenvalue weighted by Gasteiger charge is -2.06. The quantitative estimate of drug-likeness (QED) is 0.673. The lowest BCUT2D eigenvalue weighted by atomic mass is 10.1. The molecule has 3 N–H and O–H groups in total. The van der Waals surface area contributed by atoms with Crippen LogP contribution in [0.15, 0.2) is 12.3 Å². The topological polar surface area (TPSA) is 89.1 Å². The van der Waals surface area contributed by atoms with E-state index in [1.165, 1.54) is 12.3 Å². The highest BCUT2D eigenvalue weighted by Gasteiger charge is 2.42. The summed E-state index contributed by atoms with van der Waals surface area (Å²) < 4.78 is 0. The summed E-state index contributed by atoms with van der Waals surface area (Å²) >= 11 is 0. The maximum Gasteiger partial charge on any atom is 0.337 e. The molecule has 1 heterocycles. The van der Waals surface area contributed by atoms with Gasteiger partial charge in [0.05, 0.1) is 23.0 Å². The molecule has 5 heteroatoms. The van der Waals surface area contributed by atoms with Crippen molar-refractivity contribution in [3.05, 3.63) is 23.5 Å². The highest BCUT2D eigenvalue weighted by atomic mass is 16.4. The van der Waals surface area contributed by atoms with Gasteiger partial charge in [0, 0.05) is 0 Å². The molecule has 1 aromatic heterocycles. The predicted octanol–water partition coefficient (Wildman–Crippen LogP) is 0.123. The Labute approximate surface area is 74.6 Å². The van der Waals surface area contributed by atoms with Crippen molar-refractivity contribution < 1.29 is 9.90 Å². The van der Waals surface area contributed by atoms with Gasteiger partial charge in [-0.15, -0.1) is 0 Å². The number of carbonyl (C=O) groups is 1. The molecule has 68 valence electrons. The van der Waals surface area contributed by atoms with Gasteiger partial charge in [-0.25, -0.2) is 4.79 Å². The Hall–Kier alpha value is -1.49. The molecule has 0 radical (unpaired) electrons. The average molecular weight is 179 g/mol. The normalized spacial score (nSPS) is 18.2. The van der Waals surface area contributed by atoms with E-state index in [4.69, 9.17) is 10.8 Å². The maximum absolute atomic E-state index is 10.6. The van der Waals surface area contributed by atoms with Gasteiger partial charge in [0.2, 0.25) is 0 Å². The molecule has 0 saturated heterocycles. The fourth-order valence-electron chi connectivity index (χ4n) is 1.12. The first kappa shape index (κ1) is 8.12. The van der Waals surface area contributed by atoms with Crippen LogP contribution in [0.5, 0.6) is 0 Å². The van der Waals surface area contributed by atoms with Crippen molar-refractivity contribution in [3.8, 4) is 0 Å². The first-order chi connectivity index (χ1) is 6.12. The van der Waals surface area contributed by atoms with Gasteiger partial charge in [0.15, 0.2) is 0 Å². The summed E-state index contributed by atoms with van der Waals surface area (Å²) in [6.45, 7) is 0. The van der Waals surface area contributed by atoms with Crippen LogP contribution in [0.4, 0.5) is 0 Å². The zero-order valence-corrected chi connectivity index (χ0v) is 6.90. The molecule has 0 aliphatic heterocycles. The lowest BCUT2D eigenvalue weighted by molar-refractivity contribution is 0.0696. The van der Waals surface area contributed by atoms with E-state index in [2.05, 4.69) is 10.2 Å². The van der Waals surface area contributed by atoms with E-state index in [-0.39, 0.29) is 5.56 Å². The van der Waals surface area contributed by atoms with Gasteiger partial charge in [-0.3, -0.25) is 0 Å². The van der Waals surface area contributed by atoms with Crippen LogP contribution in [0.3, 0.4) is 0 Å². The molecule has 1 aliphatic carbocycles. The maximum atomic E-state index is 10.6. The minimum absolute atomic E-state index is 0.140. The standard InChI is InChI=1S/C8H9N3O2/c9-8(1-2-8)6-3-5(7(12)13)4-10-11-6/h3-4H,1-2,9H2,(H,12,13). The summed E-state index contributed by atoms with van der Waals surface area (Å²) in [5, 5.41) is 16.1. The van der Waals surface area contributed by atoms with E-state index >= 15 is 0 Å². The van der Waals surface area contributed by atoms with Gasteiger partial charge >= 0.3 is 5.97 Å². The minimum atomic E-state index is -1.000. The molecule has 1 fully saturated rings. The average Bonchev–Trinajstić information content (AvgIpc) is 2.85. The van der Waals surface area contributed by atoms with E-state index in [1.54, 1.807) is 0 Å². The Morgan fingerprint density at radius 1 is 1.62 bits per heavy atom. The second-order valence-corrected chi connectivity index (χ2v) is 3.29. The number of hydrogen-bond donors (Lipinski definition) is 2. The molecule has 0 aromatic carbocycles. The van der Waals surface area contributed by atoms with Crippen LogP contribution < -0.4 is 5.73 Å². The predicted molar refractivity (Wildman–Crippen MR) is 44.1 cm³/mol. The Balaban J connectivity index is 2.38. The number of nitrogens with zero attached hydrogens (tertiary/aromatic N) is 2. The molecule has 1 aliphatic rings. The van der Waals surface area contributed by atoms with E-state index in [1.807, 2.05) is 0 Å². The van der Waals surface area contributed by atoms with Gasteiger partial charge < -0.3 is 10.8 Å². The molecule has 0 bridgehead atoms. The minimum Gasteiger partial charge on any atom is -0.478 e. The molecule has 0 amide bonds. The van der Waals surface area contributed by atoms with Gasteiger partial charge in [-0.05, 0) is 18.9 Å². The molecule has 5 nitrogen and oxygen atoms in total. The number of carboxylic acid groups (broad SMARTS) is 1. The molecular weight excluding hydrogens is 170 g/mol. The molecular formula is C8H9N3O2. The monoisotopic (exact) mass is 179 g/mol.